The number of nitrogens with zero attached hydrogens (tertiary/aromatic N) is 3. The van der Waals surface area contributed by atoms with Crippen LogP contribution >= 0.6 is 11.6 Å². The molecule has 0 fully saturated rings. The maximum Gasteiger partial charge on any atom is 0.407 e. The van der Waals surface area contributed by atoms with Crippen molar-refractivity contribution in [1.29, 1.82) is 0 Å². The molecule has 0 saturated heterocycles. The molecular weight excluding hydrogens is 364 g/mol. The van der Waals surface area contributed by atoms with E-state index in [0.717, 1.165) is 5.82 Å². The molecule has 26 heavy (non-hydrogen) atoms. The molecular formula is C18H20ClF2N3O2. The molecule has 1 unspecified atom stereocenters. The fourth-order valence-corrected chi connectivity index (χ4v) is 3.82. The SMILES string of the molecule is CCc1nc(Cl)c2n1CCN(C(=O)O)C2CCc1cc(F)c(C)c(F)c1. The molecule has 1 N–H and O–H groups in total. The zero-order valence-electron chi connectivity index (χ0n) is 14.6. The Morgan fingerprint density at radius 3 is 2.58 bits per heavy atom. The number of imidazole rings is 1. The lowest BCUT2D eigenvalue weighted by Crippen LogP contribution is -2.42. The first kappa shape index (κ1) is 18.6. The van der Waals surface area contributed by atoms with Crippen LogP contribution in [0.15, 0.2) is 12.1 Å². The fourth-order valence-electron chi connectivity index (χ4n) is 3.50. The number of carboxylic acid groups (broad SMARTS) is 1. The van der Waals surface area contributed by atoms with Crippen LogP contribution in [0.2, 0.25) is 5.15 Å². The van der Waals surface area contributed by atoms with Crippen LogP contribution in [-0.2, 0) is 19.4 Å². The Bertz CT molecular complexity index is 830. The molecule has 1 aliphatic rings. The van der Waals surface area contributed by atoms with Gasteiger partial charge in [-0.05, 0) is 37.5 Å². The van der Waals surface area contributed by atoms with Crippen LogP contribution in [0.25, 0.3) is 0 Å². The lowest BCUT2D eigenvalue weighted by Gasteiger charge is -2.35. The highest BCUT2D eigenvalue weighted by molar-refractivity contribution is 6.30. The molecule has 1 aromatic carbocycles. The Labute approximate surface area is 155 Å². The second-order valence-electron chi connectivity index (χ2n) is 6.42. The average molecular weight is 384 g/mol. The van der Waals surface area contributed by atoms with Gasteiger partial charge in [0.1, 0.15) is 17.5 Å². The van der Waals surface area contributed by atoms with Gasteiger partial charge >= 0.3 is 6.09 Å². The van der Waals surface area contributed by atoms with E-state index in [1.54, 1.807) is 0 Å². The molecule has 0 bridgehead atoms. The molecule has 1 aliphatic heterocycles. The number of halogens is 3. The van der Waals surface area contributed by atoms with E-state index in [1.165, 1.54) is 24.0 Å². The maximum absolute atomic E-state index is 13.8. The van der Waals surface area contributed by atoms with Crippen molar-refractivity contribution in [2.75, 3.05) is 6.54 Å². The first-order valence-electron chi connectivity index (χ1n) is 8.52. The molecule has 2 heterocycles. The molecule has 1 atom stereocenters. The van der Waals surface area contributed by atoms with E-state index in [1.807, 2.05) is 11.5 Å². The van der Waals surface area contributed by atoms with Crippen molar-refractivity contribution in [3.63, 3.8) is 0 Å². The minimum absolute atomic E-state index is 0.0210. The van der Waals surface area contributed by atoms with Crippen molar-refractivity contribution in [3.05, 3.63) is 51.6 Å². The topological polar surface area (TPSA) is 58.4 Å². The van der Waals surface area contributed by atoms with Gasteiger partial charge < -0.3 is 9.67 Å². The van der Waals surface area contributed by atoms with Crippen LogP contribution in [0.1, 0.15) is 42.0 Å². The number of aryl methyl sites for hydroxylation is 2. The third-order valence-corrected chi connectivity index (χ3v) is 5.18. The summed E-state index contributed by atoms with van der Waals surface area (Å²) < 4.78 is 29.5. The molecule has 140 valence electrons. The number of carbonyl (C=O) groups is 1. The second-order valence-corrected chi connectivity index (χ2v) is 6.78. The summed E-state index contributed by atoms with van der Waals surface area (Å²) in [6.45, 7) is 4.16. The van der Waals surface area contributed by atoms with Gasteiger partial charge in [-0.25, -0.2) is 18.6 Å². The van der Waals surface area contributed by atoms with Crippen molar-refractivity contribution < 1.29 is 18.7 Å². The molecule has 0 radical (unpaired) electrons. The average Bonchev–Trinajstić information content (AvgIpc) is 2.93. The number of hydrogen-bond donors (Lipinski definition) is 1. The lowest BCUT2D eigenvalue weighted by atomic mass is 9.99. The molecule has 0 aliphatic carbocycles. The lowest BCUT2D eigenvalue weighted by molar-refractivity contribution is 0.106. The van der Waals surface area contributed by atoms with E-state index in [4.69, 9.17) is 11.6 Å². The summed E-state index contributed by atoms with van der Waals surface area (Å²) in [5.74, 6) is -0.391. The van der Waals surface area contributed by atoms with Gasteiger partial charge in [0.05, 0.1) is 11.7 Å². The predicted octanol–water partition coefficient (Wildman–Crippen LogP) is 4.35. The number of rotatable bonds is 4. The van der Waals surface area contributed by atoms with E-state index in [2.05, 4.69) is 4.98 Å². The van der Waals surface area contributed by atoms with Crippen molar-refractivity contribution >= 4 is 17.7 Å². The van der Waals surface area contributed by atoms with Crippen molar-refractivity contribution in [2.45, 2.75) is 45.7 Å². The van der Waals surface area contributed by atoms with Crippen molar-refractivity contribution in [3.8, 4) is 0 Å². The van der Waals surface area contributed by atoms with Gasteiger partial charge in [0, 0.05) is 25.1 Å². The van der Waals surface area contributed by atoms with Gasteiger partial charge in [-0.2, -0.15) is 0 Å². The van der Waals surface area contributed by atoms with Crippen LogP contribution in [0.4, 0.5) is 13.6 Å². The van der Waals surface area contributed by atoms with Gasteiger partial charge in [0.2, 0.25) is 0 Å². The van der Waals surface area contributed by atoms with Gasteiger partial charge in [-0.3, -0.25) is 4.90 Å². The standard InChI is InChI=1S/C18H20ClF2N3O2/c1-3-15-22-17(19)16-14(23(18(25)26)6-7-24(15)16)5-4-11-8-12(20)10(2)13(21)9-11/h8-9,14H,3-7H2,1-2H3,(H,25,26). The Kier molecular flexibility index (Phi) is 5.18. The number of amides is 1. The number of benzene rings is 1. The zero-order chi connectivity index (χ0) is 19.0. The van der Waals surface area contributed by atoms with E-state index < -0.39 is 23.8 Å². The van der Waals surface area contributed by atoms with Crippen LogP contribution in [0.3, 0.4) is 0 Å². The van der Waals surface area contributed by atoms with E-state index in [9.17, 15) is 18.7 Å². The van der Waals surface area contributed by atoms with E-state index in [0.29, 0.717) is 48.8 Å². The Balaban J connectivity index is 1.91. The van der Waals surface area contributed by atoms with E-state index in [-0.39, 0.29) is 5.56 Å². The largest absolute Gasteiger partial charge is 0.465 e. The summed E-state index contributed by atoms with van der Waals surface area (Å²) in [5.41, 5.74) is 1.12. The van der Waals surface area contributed by atoms with Crippen LogP contribution in [0, 0.1) is 18.6 Å². The van der Waals surface area contributed by atoms with E-state index >= 15 is 0 Å². The van der Waals surface area contributed by atoms with Gasteiger partial charge in [-0.1, -0.05) is 18.5 Å². The highest BCUT2D eigenvalue weighted by Gasteiger charge is 2.34. The molecule has 0 spiro atoms. The smallest absolute Gasteiger partial charge is 0.407 e. The fraction of sp³-hybridized carbons (Fsp3) is 0.444. The maximum atomic E-state index is 13.8. The number of fused-ring (bicyclic) bond motifs is 1. The highest BCUT2D eigenvalue weighted by atomic mass is 35.5. The number of aromatic nitrogens is 2. The minimum atomic E-state index is -1.04. The van der Waals surface area contributed by atoms with Crippen LogP contribution < -0.4 is 0 Å². The highest BCUT2D eigenvalue weighted by Crippen LogP contribution is 2.35. The minimum Gasteiger partial charge on any atom is -0.465 e. The van der Waals surface area contributed by atoms with Gasteiger partial charge in [0.25, 0.3) is 0 Å². The summed E-state index contributed by atoms with van der Waals surface area (Å²) in [5, 5.41) is 9.83. The molecule has 5 nitrogen and oxygen atoms in total. The molecule has 0 saturated carbocycles. The normalized spacial score (nSPS) is 16.7. The third kappa shape index (κ3) is 3.28. The zero-order valence-corrected chi connectivity index (χ0v) is 15.4. The summed E-state index contributed by atoms with van der Waals surface area (Å²) in [4.78, 5) is 17.3. The molecule has 1 amide bonds. The van der Waals surface area contributed by atoms with Gasteiger partial charge in [-0.15, -0.1) is 0 Å². The van der Waals surface area contributed by atoms with Crippen molar-refractivity contribution in [1.82, 2.24) is 14.5 Å². The van der Waals surface area contributed by atoms with Gasteiger partial charge in [0.15, 0.2) is 5.15 Å². The van der Waals surface area contributed by atoms with Crippen molar-refractivity contribution in [2.24, 2.45) is 0 Å². The summed E-state index contributed by atoms with van der Waals surface area (Å²) in [6, 6.07) is 2.08. The molecule has 8 heteroatoms. The Morgan fingerprint density at radius 1 is 1.35 bits per heavy atom. The Morgan fingerprint density at radius 2 is 2.00 bits per heavy atom. The molecule has 3 rings (SSSR count). The Hall–Kier alpha value is -2.15. The van der Waals surface area contributed by atoms with Crippen LogP contribution in [0.5, 0.6) is 0 Å². The first-order chi connectivity index (χ1) is 12.3. The molecule has 2 aromatic rings. The first-order valence-corrected chi connectivity index (χ1v) is 8.90. The monoisotopic (exact) mass is 383 g/mol. The quantitative estimate of drug-likeness (QED) is 0.853. The summed E-state index contributed by atoms with van der Waals surface area (Å²) in [6.07, 6.45) is 0.334. The number of hydrogen-bond acceptors (Lipinski definition) is 2. The molecule has 1 aromatic heterocycles. The third-order valence-electron chi connectivity index (χ3n) is 4.91. The predicted molar refractivity (Wildman–Crippen MR) is 93.5 cm³/mol. The second kappa shape index (κ2) is 7.23. The summed E-state index contributed by atoms with van der Waals surface area (Å²) in [7, 11) is 0. The summed E-state index contributed by atoms with van der Waals surface area (Å²) >= 11 is 6.29. The van der Waals surface area contributed by atoms with Crippen LogP contribution in [-0.4, -0.2) is 32.2 Å².